The highest BCUT2D eigenvalue weighted by atomic mass is 32.2. The van der Waals surface area contributed by atoms with Gasteiger partial charge in [0.05, 0.1) is 116 Å². The smallest absolute Gasteiger partial charge is 0.234 e. The van der Waals surface area contributed by atoms with E-state index in [9.17, 15) is 19.8 Å². The molecule has 0 radical (unpaired) electrons. The van der Waals surface area contributed by atoms with Gasteiger partial charge in [-0.15, -0.1) is 11.8 Å². The average Bonchev–Trinajstić information content (AvgIpc) is 3.49. The number of aliphatic hydroxyl groups excluding tert-OH is 1. The first-order valence-corrected chi connectivity index (χ1v) is 16.6. The highest BCUT2D eigenvalue weighted by molar-refractivity contribution is 8.00. The number of thioether (sulfide) groups is 1. The van der Waals surface area contributed by atoms with Crippen molar-refractivity contribution in [1.29, 1.82) is 0 Å². The number of aliphatic hydroxyl groups is 2. The van der Waals surface area contributed by atoms with Crippen LogP contribution in [0.5, 0.6) is 0 Å². The van der Waals surface area contributed by atoms with Gasteiger partial charge in [0.25, 0.3) is 0 Å². The molecule has 1 aliphatic heterocycles. The Morgan fingerprint density at radius 2 is 1.42 bits per heavy atom. The third kappa shape index (κ3) is 20.1. The summed E-state index contributed by atoms with van der Waals surface area (Å²) in [5.41, 5.74) is 0.690. The summed E-state index contributed by atoms with van der Waals surface area (Å²) in [6.45, 7) is 10.5. The Kier molecular flexibility index (Phi) is 22.9. The number of carbonyl (C=O) groups excluding carboxylic acids is 2. The lowest BCUT2D eigenvalue weighted by Gasteiger charge is -2.29. The summed E-state index contributed by atoms with van der Waals surface area (Å²) in [4.78, 5) is 28.6. The van der Waals surface area contributed by atoms with Gasteiger partial charge in [0, 0.05) is 31.5 Å². The van der Waals surface area contributed by atoms with Crippen molar-refractivity contribution in [2.75, 3.05) is 98.2 Å². The molecule has 0 saturated carbocycles. The van der Waals surface area contributed by atoms with Crippen molar-refractivity contribution < 1.29 is 53.0 Å². The van der Waals surface area contributed by atoms with E-state index < -0.39 is 17.6 Å². The first kappa shape index (κ1) is 39.3. The number of unbranched alkanes of at least 4 members (excludes halogenated alkanes) is 1. The first-order chi connectivity index (χ1) is 22.0. The largest absolute Gasteiger partial charge is 0.379 e. The molecular formula is C29H52N4O11S. The molecule has 2 heterocycles. The number of amides is 2. The lowest BCUT2D eigenvalue weighted by Crippen LogP contribution is -2.53. The van der Waals surface area contributed by atoms with Crippen LogP contribution in [-0.2, 0) is 55.8 Å². The molecule has 0 spiro atoms. The van der Waals surface area contributed by atoms with Crippen LogP contribution in [-0.4, -0.2) is 147 Å². The number of nitrogens with zero attached hydrogens (tertiary/aromatic N) is 2. The molecule has 1 aromatic rings. The summed E-state index contributed by atoms with van der Waals surface area (Å²) in [7, 11) is 0. The fourth-order valence-corrected chi connectivity index (χ4v) is 5.00. The monoisotopic (exact) mass is 664 g/mol. The van der Waals surface area contributed by atoms with E-state index in [4.69, 9.17) is 33.2 Å². The van der Waals surface area contributed by atoms with E-state index in [1.54, 1.807) is 6.33 Å². The minimum Gasteiger partial charge on any atom is -0.379 e. The molecule has 0 bridgehead atoms. The van der Waals surface area contributed by atoms with E-state index in [1.165, 1.54) is 11.8 Å². The molecule has 15 nitrogen and oxygen atoms in total. The molecule has 1 fully saturated rings. The second kappa shape index (κ2) is 26.2. The van der Waals surface area contributed by atoms with Crippen molar-refractivity contribution >= 4 is 23.6 Å². The van der Waals surface area contributed by atoms with Gasteiger partial charge in [-0.05, 0) is 6.42 Å². The van der Waals surface area contributed by atoms with Gasteiger partial charge in [0.1, 0.15) is 0 Å². The van der Waals surface area contributed by atoms with Gasteiger partial charge in [-0.25, -0.2) is 4.98 Å². The van der Waals surface area contributed by atoms with Gasteiger partial charge in [-0.3, -0.25) is 9.59 Å². The van der Waals surface area contributed by atoms with Crippen LogP contribution < -0.4 is 10.6 Å². The quantitative estimate of drug-likeness (QED) is 0.0649. The van der Waals surface area contributed by atoms with Crippen LogP contribution in [0.25, 0.3) is 0 Å². The van der Waals surface area contributed by atoms with Crippen molar-refractivity contribution in [2.24, 2.45) is 0 Å². The average molecular weight is 665 g/mol. The Bertz CT molecular complexity index is 896. The number of carbonyl (C=O) groups is 2. The third-order valence-electron chi connectivity index (χ3n) is 6.35. The number of ether oxygens (including phenoxy) is 7. The predicted molar refractivity (Wildman–Crippen MR) is 166 cm³/mol. The Hall–Kier alpha value is -1.86. The molecule has 260 valence electrons. The lowest BCUT2D eigenvalue weighted by molar-refractivity contribution is -0.129. The highest BCUT2D eigenvalue weighted by Gasteiger charge is 2.32. The van der Waals surface area contributed by atoms with Gasteiger partial charge in [0.2, 0.25) is 11.8 Å². The van der Waals surface area contributed by atoms with Crippen LogP contribution in [0.15, 0.2) is 12.5 Å². The van der Waals surface area contributed by atoms with E-state index >= 15 is 0 Å². The zero-order chi connectivity index (χ0) is 32.4. The summed E-state index contributed by atoms with van der Waals surface area (Å²) in [6, 6.07) is -0.724. The molecule has 16 heteroatoms. The van der Waals surface area contributed by atoms with E-state index in [0.717, 1.165) is 19.4 Å². The molecule has 0 aliphatic carbocycles. The molecule has 2 amide bonds. The van der Waals surface area contributed by atoms with Crippen LogP contribution in [0.1, 0.15) is 31.9 Å². The highest BCUT2D eigenvalue weighted by Crippen LogP contribution is 2.21. The van der Waals surface area contributed by atoms with Crippen LogP contribution >= 0.6 is 11.8 Å². The van der Waals surface area contributed by atoms with Crippen LogP contribution in [0, 0.1) is 0 Å². The number of nitrogens with one attached hydrogen (secondary N) is 2. The van der Waals surface area contributed by atoms with Gasteiger partial charge in [-0.1, -0.05) is 13.3 Å². The Morgan fingerprint density at radius 1 is 0.911 bits per heavy atom. The summed E-state index contributed by atoms with van der Waals surface area (Å²) in [5.74, 6) is -0.324. The molecule has 2 rings (SSSR count). The topological polar surface area (TPSA) is 181 Å². The second-order valence-corrected chi connectivity index (χ2v) is 11.3. The Labute approximate surface area is 269 Å². The molecule has 1 saturated heterocycles. The fourth-order valence-electron chi connectivity index (χ4n) is 3.81. The first-order valence-electron chi connectivity index (χ1n) is 15.6. The SMILES string of the molecule is CCCCOCCOCCOCCOCCOCCOCCOCCn1cnc(CNC(=O)CC2SCC(C(O)O)NC2=O)c1. The number of rotatable bonds is 29. The zero-order valence-electron chi connectivity index (χ0n) is 26.4. The predicted octanol–water partition coefficient (Wildman–Crippen LogP) is -0.283. The molecule has 4 N–H and O–H groups in total. The summed E-state index contributed by atoms with van der Waals surface area (Å²) in [6.07, 6.45) is 4.10. The maximum atomic E-state index is 12.2. The Balaban J connectivity index is 1.31. The van der Waals surface area contributed by atoms with Crippen molar-refractivity contribution in [3.63, 3.8) is 0 Å². The van der Waals surface area contributed by atoms with Crippen molar-refractivity contribution in [2.45, 2.75) is 56.9 Å². The van der Waals surface area contributed by atoms with Crippen LogP contribution in [0.2, 0.25) is 0 Å². The third-order valence-corrected chi connectivity index (χ3v) is 7.68. The number of aromatic nitrogens is 2. The normalized spacial score (nSPS) is 16.8. The van der Waals surface area contributed by atoms with Gasteiger partial charge < -0.3 is 58.6 Å². The summed E-state index contributed by atoms with van der Waals surface area (Å²) < 4.78 is 40.2. The minimum atomic E-state index is -1.62. The van der Waals surface area contributed by atoms with E-state index in [0.29, 0.717) is 104 Å². The van der Waals surface area contributed by atoms with Crippen molar-refractivity contribution in [3.05, 3.63) is 18.2 Å². The molecule has 1 aromatic heterocycles. The maximum Gasteiger partial charge on any atom is 0.234 e. The van der Waals surface area contributed by atoms with Gasteiger partial charge in [-0.2, -0.15) is 0 Å². The van der Waals surface area contributed by atoms with E-state index in [-0.39, 0.29) is 24.8 Å². The minimum absolute atomic E-state index is 0.00541. The van der Waals surface area contributed by atoms with E-state index in [1.807, 2.05) is 10.8 Å². The fraction of sp³-hybridized carbons (Fsp3) is 0.828. The lowest BCUT2D eigenvalue weighted by atomic mass is 10.2. The molecule has 1 aliphatic rings. The van der Waals surface area contributed by atoms with Crippen LogP contribution in [0.3, 0.4) is 0 Å². The zero-order valence-corrected chi connectivity index (χ0v) is 27.2. The second-order valence-electron chi connectivity index (χ2n) is 10.1. The van der Waals surface area contributed by atoms with E-state index in [2.05, 4.69) is 22.5 Å². The Morgan fingerprint density at radius 3 is 1.91 bits per heavy atom. The molecule has 0 aromatic carbocycles. The van der Waals surface area contributed by atoms with Crippen molar-refractivity contribution in [3.8, 4) is 0 Å². The molecule has 2 atom stereocenters. The van der Waals surface area contributed by atoms with Crippen LogP contribution in [0.4, 0.5) is 0 Å². The maximum absolute atomic E-state index is 12.2. The molecule has 2 unspecified atom stereocenters. The standard InChI is InChI=1S/C29H52N4O11S/c1-2-3-5-38-7-9-40-11-13-42-15-17-44-18-16-43-14-12-41-10-8-39-6-4-33-21-24(31-23-33)20-30-27(34)19-26-28(35)32-25(22-45-26)29(36)37/h21,23,25-26,29,36-37H,2-20,22H2,1H3,(H,30,34)(H,32,35). The van der Waals surface area contributed by atoms with Crippen molar-refractivity contribution in [1.82, 2.24) is 20.2 Å². The summed E-state index contributed by atoms with van der Waals surface area (Å²) in [5, 5.41) is 23.1. The van der Waals surface area contributed by atoms with Gasteiger partial charge in [0.15, 0.2) is 6.29 Å². The number of hydrogen-bond acceptors (Lipinski definition) is 13. The molecular weight excluding hydrogens is 612 g/mol. The van der Waals surface area contributed by atoms with Gasteiger partial charge >= 0.3 is 0 Å². The number of hydrogen-bond donors (Lipinski definition) is 4. The molecule has 45 heavy (non-hydrogen) atoms. The number of imidazole rings is 1. The summed E-state index contributed by atoms with van der Waals surface area (Å²) >= 11 is 1.23.